The second kappa shape index (κ2) is 3.19. The Bertz CT molecular complexity index is 131. The second-order valence-corrected chi connectivity index (χ2v) is 1.61. The summed E-state index contributed by atoms with van der Waals surface area (Å²) in [6, 6.07) is 0. The molecule has 0 aliphatic heterocycles. The zero-order chi connectivity index (χ0) is 6.57. The predicted molar refractivity (Wildman–Crippen MR) is 38.1 cm³/mol. The van der Waals surface area contributed by atoms with Crippen LogP contribution in [-0.2, 0) is 0 Å². The Morgan fingerprint density at radius 3 is 2.12 bits per heavy atom. The van der Waals surface area contributed by atoms with Crippen LogP contribution in [0, 0.1) is 0 Å². The Morgan fingerprint density at radius 1 is 1.50 bits per heavy atom. The number of rotatable bonds is 2. The van der Waals surface area contributed by atoms with E-state index in [9.17, 15) is 0 Å². The lowest BCUT2D eigenvalue weighted by Gasteiger charge is -1.91. The largest absolute Gasteiger partial charge is 0.262 e. The molecule has 0 aromatic heterocycles. The maximum atomic E-state index is 3.91. The van der Waals surface area contributed by atoms with Gasteiger partial charge in [0.05, 0.1) is 5.70 Å². The van der Waals surface area contributed by atoms with E-state index in [2.05, 4.69) is 18.2 Å². The van der Waals surface area contributed by atoms with E-state index < -0.39 is 0 Å². The Hall–Kier alpha value is -0.850. The van der Waals surface area contributed by atoms with Gasteiger partial charge in [-0.25, -0.2) is 0 Å². The van der Waals surface area contributed by atoms with Crippen molar-refractivity contribution >= 4 is 6.21 Å². The van der Waals surface area contributed by atoms with E-state index in [4.69, 9.17) is 0 Å². The van der Waals surface area contributed by atoms with Crippen LogP contribution in [0.5, 0.6) is 0 Å². The Kier molecular flexibility index (Phi) is 2.85. The maximum absolute atomic E-state index is 3.91. The molecule has 0 bridgehead atoms. The van der Waals surface area contributed by atoms with Crippen LogP contribution in [0.3, 0.4) is 0 Å². The molecule has 0 aromatic carbocycles. The van der Waals surface area contributed by atoms with Crippen LogP contribution >= 0.6 is 0 Å². The number of aliphatic imine (C=N–C) groups is 1. The molecule has 1 nitrogen and oxygen atoms in total. The van der Waals surface area contributed by atoms with Gasteiger partial charge in [-0.15, -0.1) is 0 Å². The third kappa shape index (κ3) is 2.35. The SMILES string of the molecule is C=C(C)C(=C)N=CC. The van der Waals surface area contributed by atoms with Gasteiger partial charge in [0.25, 0.3) is 0 Å². The first-order valence-electron chi connectivity index (χ1n) is 2.52. The normalized spacial score (nSPS) is 9.75. The molecule has 0 unspecified atom stereocenters. The predicted octanol–water partition coefficient (Wildman–Crippen LogP) is 2.17. The molecular formula is C7H11N. The highest BCUT2D eigenvalue weighted by molar-refractivity contribution is 5.56. The van der Waals surface area contributed by atoms with Gasteiger partial charge in [0.1, 0.15) is 0 Å². The smallest absolute Gasteiger partial charge is 0.0577 e. The lowest BCUT2D eigenvalue weighted by atomic mass is 10.3. The van der Waals surface area contributed by atoms with Crippen LogP contribution in [0.25, 0.3) is 0 Å². The maximum Gasteiger partial charge on any atom is 0.0577 e. The van der Waals surface area contributed by atoms with Crippen molar-refractivity contribution in [3.63, 3.8) is 0 Å². The highest BCUT2D eigenvalue weighted by Crippen LogP contribution is 2.02. The summed E-state index contributed by atoms with van der Waals surface area (Å²) in [6.45, 7) is 11.0. The van der Waals surface area contributed by atoms with E-state index in [1.165, 1.54) is 0 Å². The van der Waals surface area contributed by atoms with Gasteiger partial charge in [0.2, 0.25) is 0 Å². The first-order chi connectivity index (χ1) is 3.68. The molecule has 0 spiro atoms. The molecule has 0 saturated heterocycles. The molecule has 0 fully saturated rings. The van der Waals surface area contributed by atoms with Gasteiger partial charge in [-0.05, 0) is 19.4 Å². The zero-order valence-corrected chi connectivity index (χ0v) is 5.44. The minimum atomic E-state index is 0.757. The Morgan fingerprint density at radius 2 is 2.00 bits per heavy atom. The lowest BCUT2D eigenvalue weighted by Crippen LogP contribution is -1.74. The molecule has 8 heavy (non-hydrogen) atoms. The fourth-order valence-corrected chi connectivity index (χ4v) is 0.266. The van der Waals surface area contributed by atoms with Crippen molar-refractivity contribution < 1.29 is 0 Å². The van der Waals surface area contributed by atoms with Crippen LogP contribution in [0.15, 0.2) is 29.4 Å². The fraction of sp³-hybridized carbons (Fsp3) is 0.286. The topological polar surface area (TPSA) is 12.4 Å². The van der Waals surface area contributed by atoms with Crippen molar-refractivity contribution in [2.75, 3.05) is 0 Å². The van der Waals surface area contributed by atoms with Gasteiger partial charge in [0, 0.05) is 6.21 Å². The average molecular weight is 109 g/mol. The van der Waals surface area contributed by atoms with Gasteiger partial charge >= 0.3 is 0 Å². The van der Waals surface area contributed by atoms with Gasteiger partial charge < -0.3 is 0 Å². The van der Waals surface area contributed by atoms with E-state index in [0.717, 1.165) is 11.3 Å². The van der Waals surface area contributed by atoms with Crippen molar-refractivity contribution in [2.45, 2.75) is 13.8 Å². The van der Waals surface area contributed by atoms with Gasteiger partial charge in [-0.1, -0.05) is 13.2 Å². The summed E-state index contributed by atoms with van der Waals surface area (Å²) in [6.07, 6.45) is 1.71. The van der Waals surface area contributed by atoms with Crippen molar-refractivity contribution in [3.8, 4) is 0 Å². The summed E-state index contributed by atoms with van der Waals surface area (Å²) in [4.78, 5) is 3.91. The molecule has 0 aromatic rings. The van der Waals surface area contributed by atoms with Crippen LogP contribution < -0.4 is 0 Å². The molecule has 0 radical (unpaired) electrons. The standard InChI is InChI=1S/C7H11N/c1-5-8-7(4)6(2)3/h5H,2,4H2,1,3H3. The summed E-state index contributed by atoms with van der Waals surface area (Å²) in [5, 5.41) is 0. The third-order valence-electron chi connectivity index (χ3n) is 0.778. The Labute approximate surface area is 50.4 Å². The number of allylic oxidation sites excluding steroid dienone is 1. The molecule has 0 N–H and O–H groups in total. The molecule has 0 amide bonds. The van der Waals surface area contributed by atoms with Crippen LogP contribution in [0.2, 0.25) is 0 Å². The van der Waals surface area contributed by atoms with Gasteiger partial charge in [0.15, 0.2) is 0 Å². The van der Waals surface area contributed by atoms with Crippen molar-refractivity contribution in [1.82, 2.24) is 0 Å². The molecule has 0 aliphatic rings. The first kappa shape index (κ1) is 7.15. The highest BCUT2D eigenvalue weighted by Gasteiger charge is 1.84. The minimum absolute atomic E-state index is 0.757. The van der Waals surface area contributed by atoms with Crippen molar-refractivity contribution in [1.29, 1.82) is 0 Å². The van der Waals surface area contributed by atoms with Gasteiger partial charge in [-0.3, -0.25) is 4.99 Å². The van der Waals surface area contributed by atoms with E-state index in [1.807, 2.05) is 13.8 Å². The van der Waals surface area contributed by atoms with Crippen LogP contribution in [0.4, 0.5) is 0 Å². The zero-order valence-electron chi connectivity index (χ0n) is 5.44. The quantitative estimate of drug-likeness (QED) is 0.380. The monoisotopic (exact) mass is 109 g/mol. The number of nitrogens with zero attached hydrogens (tertiary/aromatic N) is 1. The molecule has 0 heterocycles. The number of hydrogen-bond donors (Lipinski definition) is 0. The summed E-state index contributed by atoms with van der Waals surface area (Å²) >= 11 is 0. The first-order valence-corrected chi connectivity index (χ1v) is 2.52. The summed E-state index contributed by atoms with van der Waals surface area (Å²) < 4.78 is 0. The summed E-state index contributed by atoms with van der Waals surface area (Å²) in [5.74, 6) is 0. The molecule has 0 atom stereocenters. The van der Waals surface area contributed by atoms with Crippen LogP contribution in [0.1, 0.15) is 13.8 Å². The second-order valence-electron chi connectivity index (χ2n) is 1.61. The molecule has 0 saturated carbocycles. The van der Waals surface area contributed by atoms with E-state index in [-0.39, 0.29) is 0 Å². The molecule has 0 rings (SSSR count). The molecular weight excluding hydrogens is 98.1 g/mol. The van der Waals surface area contributed by atoms with E-state index in [0.29, 0.717) is 0 Å². The van der Waals surface area contributed by atoms with Crippen molar-refractivity contribution in [2.24, 2.45) is 4.99 Å². The van der Waals surface area contributed by atoms with Gasteiger partial charge in [-0.2, -0.15) is 0 Å². The molecule has 44 valence electrons. The summed E-state index contributed by atoms with van der Waals surface area (Å²) in [5.41, 5.74) is 1.68. The summed E-state index contributed by atoms with van der Waals surface area (Å²) in [7, 11) is 0. The number of hydrogen-bond acceptors (Lipinski definition) is 1. The van der Waals surface area contributed by atoms with Crippen molar-refractivity contribution in [3.05, 3.63) is 24.4 Å². The lowest BCUT2D eigenvalue weighted by molar-refractivity contribution is 1.32. The Balaban J connectivity index is 3.85. The minimum Gasteiger partial charge on any atom is -0.262 e. The third-order valence-corrected chi connectivity index (χ3v) is 0.778. The molecule has 0 aliphatic carbocycles. The fourth-order valence-electron chi connectivity index (χ4n) is 0.266. The van der Waals surface area contributed by atoms with E-state index in [1.54, 1.807) is 6.21 Å². The van der Waals surface area contributed by atoms with Crippen LogP contribution in [-0.4, -0.2) is 6.21 Å². The average Bonchev–Trinajstić information content (AvgIpc) is 1.67. The highest BCUT2D eigenvalue weighted by atomic mass is 14.7. The molecule has 1 heteroatoms. The van der Waals surface area contributed by atoms with E-state index >= 15 is 0 Å².